The number of carbonyl (C=O) groups is 1. The van der Waals surface area contributed by atoms with E-state index in [4.69, 9.17) is 5.73 Å². The van der Waals surface area contributed by atoms with Gasteiger partial charge < -0.3 is 14.9 Å². The van der Waals surface area contributed by atoms with Gasteiger partial charge in [0.25, 0.3) is 0 Å². The number of ether oxygens (including phenoxy) is 1. The third kappa shape index (κ3) is 3.27. The van der Waals surface area contributed by atoms with E-state index in [1.165, 1.54) is 7.11 Å². The summed E-state index contributed by atoms with van der Waals surface area (Å²) in [6, 6.07) is 3.45. The molecule has 0 aromatic carbocycles. The molecule has 5 nitrogen and oxygen atoms in total. The predicted molar refractivity (Wildman–Crippen MR) is 76.1 cm³/mol. The fourth-order valence-corrected chi connectivity index (χ4v) is 2.64. The van der Waals surface area contributed by atoms with Crippen molar-refractivity contribution in [1.29, 1.82) is 0 Å². The summed E-state index contributed by atoms with van der Waals surface area (Å²) >= 11 is 1.58. The molecule has 0 aliphatic rings. The molecule has 0 saturated heterocycles. The zero-order valence-corrected chi connectivity index (χ0v) is 11.8. The van der Waals surface area contributed by atoms with E-state index in [9.17, 15) is 4.79 Å². The van der Waals surface area contributed by atoms with Crippen LogP contribution in [0.4, 0.5) is 0 Å². The Kier molecular flexibility index (Phi) is 4.44. The highest BCUT2D eigenvalue weighted by atomic mass is 32.2. The smallest absolute Gasteiger partial charge is 0.323 e. The van der Waals surface area contributed by atoms with E-state index in [1.807, 2.05) is 35.9 Å². The molecule has 2 aromatic rings. The highest BCUT2D eigenvalue weighted by Gasteiger charge is 2.13. The topological polar surface area (TPSA) is 69.6 Å². The molecule has 2 N–H and O–H groups in total. The van der Waals surface area contributed by atoms with Crippen LogP contribution < -0.4 is 5.73 Å². The van der Waals surface area contributed by atoms with Gasteiger partial charge >= 0.3 is 5.97 Å². The summed E-state index contributed by atoms with van der Waals surface area (Å²) in [6.07, 6.45) is 3.97. The Bertz CT molecular complexity index is 582. The van der Waals surface area contributed by atoms with Gasteiger partial charge in [-0.15, -0.1) is 0 Å². The number of hydrogen-bond acceptors (Lipinski definition) is 5. The predicted octanol–water partition coefficient (Wildman–Crippen LogP) is 1.38. The number of hydrogen-bond donors (Lipinski definition) is 1. The van der Waals surface area contributed by atoms with Crippen molar-refractivity contribution in [2.75, 3.05) is 12.9 Å². The van der Waals surface area contributed by atoms with Crippen LogP contribution in [0.5, 0.6) is 0 Å². The van der Waals surface area contributed by atoms with Crippen LogP contribution in [0.25, 0.3) is 5.65 Å². The highest BCUT2D eigenvalue weighted by Crippen LogP contribution is 2.15. The lowest BCUT2D eigenvalue weighted by molar-refractivity contribution is -0.141. The fourth-order valence-electron chi connectivity index (χ4n) is 1.78. The minimum Gasteiger partial charge on any atom is -0.468 e. The van der Waals surface area contributed by atoms with Gasteiger partial charge in [0.05, 0.1) is 12.8 Å². The third-order valence-electron chi connectivity index (χ3n) is 2.78. The van der Waals surface area contributed by atoms with Crippen molar-refractivity contribution < 1.29 is 9.53 Å². The summed E-state index contributed by atoms with van der Waals surface area (Å²) in [7, 11) is 1.34. The second-order valence-corrected chi connectivity index (χ2v) is 5.33. The number of imidazole rings is 1. The second-order valence-electron chi connectivity index (χ2n) is 4.30. The molecule has 6 heteroatoms. The van der Waals surface area contributed by atoms with E-state index in [2.05, 4.69) is 9.72 Å². The summed E-state index contributed by atoms with van der Waals surface area (Å²) in [4.78, 5) is 15.7. The van der Waals surface area contributed by atoms with Gasteiger partial charge in [0.2, 0.25) is 0 Å². The molecule has 0 fully saturated rings. The molecule has 0 bridgehead atoms. The number of carbonyl (C=O) groups excluding carboxylic acids is 1. The van der Waals surface area contributed by atoms with Crippen molar-refractivity contribution in [3.8, 4) is 0 Å². The average Bonchev–Trinajstić information content (AvgIpc) is 2.82. The Balaban J connectivity index is 1.95. The Morgan fingerprint density at radius 1 is 1.63 bits per heavy atom. The maximum atomic E-state index is 11.2. The lowest BCUT2D eigenvalue weighted by Gasteiger charge is -2.07. The number of pyridine rings is 1. The lowest BCUT2D eigenvalue weighted by Crippen LogP contribution is -2.33. The van der Waals surface area contributed by atoms with E-state index in [0.717, 1.165) is 22.7 Å². The van der Waals surface area contributed by atoms with Gasteiger partial charge in [0.1, 0.15) is 11.7 Å². The summed E-state index contributed by atoms with van der Waals surface area (Å²) in [5, 5.41) is 0. The van der Waals surface area contributed by atoms with Crippen LogP contribution in [0.2, 0.25) is 0 Å². The van der Waals surface area contributed by atoms with Gasteiger partial charge in [-0.2, -0.15) is 11.8 Å². The van der Waals surface area contributed by atoms with E-state index >= 15 is 0 Å². The minimum atomic E-state index is -0.575. The van der Waals surface area contributed by atoms with Crippen LogP contribution in [0.3, 0.4) is 0 Å². The van der Waals surface area contributed by atoms with E-state index in [1.54, 1.807) is 11.8 Å². The largest absolute Gasteiger partial charge is 0.468 e. The number of esters is 1. The number of aromatic nitrogens is 2. The van der Waals surface area contributed by atoms with Gasteiger partial charge in [0, 0.05) is 23.9 Å². The van der Waals surface area contributed by atoms with Gasteiger partial charge in [-0.05, 0) is 18.6 Å². The first kappa shape index (κ1) is 13.9. The molecule has 0 aliphatic carbocycles. The Labute approximate surface area is 116 Å². The van der Waals surface area contributed by atoms with Gasteiger partial charge in [-0.1, -0.05) is 6.07 Å². The Morgan fingerprint density at radius 3 is 3.11 bits per heavy atom. The molecular weight excluding hydrogens is 262 g/mol. The number of aryl methyl sites for hydroxylation is 1. The molecule has 102 valence electrons. The molecule has 0 saturated carbocycles. The van der Waals surface area contributed by atoms with Crippen LogP contribution in [0, 0.1) is 6.92 Å². The summed E-state index contributed by atoms with van der Waals surface area (Å²) in [5.74, 6) is 0.879. The van der Waals surface area contributed by atoms with Gasteiger partial charge in [-0.25, -0.2) is 4.98 Å². The van der Waals surface area contributed by atoms with Crippen LogP contribution in [0.1, 0.15) is 11.3 Å². The molecule has 2 aromatic heterocycles. The quantitative estimate of drug-likeness (QED) is 0.837. The first-order chi connectivity index (χ1) is 9.11. The molecule has 0 radical (unpaired) electrons. The molecule has 0 aliphatic heterocycles. The lowest BCUT2D eigenvalue weighted by atomic mass is 10.3. The monoisotopic (exact) mass is 279 g/mol. The molecule has 1 atom stereocenters. The highest BCUT2D eigenvalue weighted by molar-refractivity contribution is 7.98. The van der Waals surface area contributed by atoms with E-state index in [-0.39, 0.29) is 5.97 Å². The van der Waals surface area contributed by atoms with Gasteiger partial charge in [0.15, 0.2) is 0 Å². The number of thioether (sulfide) groups is 1. The maximum absolute atomic E-state index is 11.2. The molecular formula is C13H17N3O2S. The summed E-state index contributed by atoms with van der Waals surface area (Å²) in [5.41, 5.74) is 8.76. The van der Waals surface area contributed by atoms with Crippen LogP contribution in [-0.2, 0) is 15.3 Å². The second kappa shape index (κ2) is 6.08. The SMILES string of the molecule is COC(=O)C(N)CSCc1cn2cccc(C)c2n1. The number of fused-ring (bicyclic) bond motifs is 1. The molecule has 2 rings (SSSR count). The molecule has 1 unspecified atom stereocenters. The van der Waals surface area contributed by atoms with Crippen molar-refractivity contribution in [2.45, 2.75) is 18.7 Å². The number of nitrogens with zero attached hydrogens (tertiary/aromatic N) is 2. The molecule has 0 spiro atoms. The van der Waals surface area contributed by atoms with Crippen molar-refractivity contribution in [3.05, 3.63) is 35.8 Å². The zero-order chi connectivity index (χ0) is 13.8. The van der Waals surface area contributed by atoms with Crippen LogP contribution >= 0.6 is 11.8 Å². The molecule has 2 heterocycles. The number of rotatable bonds is 5. The van der Waals surface area contributed by atoms with Crippen LogP contribution in [-0.4, -0.2) is 34.3 Å². The van der Waals surface area contributed by atoms with Gasteiger partial charge in [-0.3, -0.25) is 4.79 Å². The van der Waals surface area contributed by atoms with Crippen LogP contribution in [0.15, 0.2) is 24.5 Å². The Hall–Kier alpha value is -1.53. The Morgan fingerprint density at radius 2 is 2.42 bits per heavy atom. The normalized spacial score (nSPS) is 12.6. The number of nitrogens with two attached hydrogens (primary N) is 1. The van der Waals surface area contributed by atoms with E-state index < -0.39 is 6.04 Å². The zero-order valence-electron chi connectivity index (χ0n) is 11.0. The fraction of sp³-hybridized carbons (Fsp3) is 0.385. The standard InChI is InChI=1S/C13H17N3O2S/c1-9-4-3-5-16-6-10(15-12(9)16)7-19-8-11(14)13(17)18-2/h3-6,11H,7-8,14H2,1-2H3. The third-order valence-corrected chi connectivity index (χ3v) is 3.87. The average molecular weight is 279 g/mol. The minimum absolute atomic E-state index is 0.377. The summed E-state index contributed by atoms with van der Waals surface area (Å²) < 4.78 is 6.59. The molecule has 0 amide bonds. The molecule has 19 heavy (non-hydrogen) atoms. The first-order valence-electron chi connectivity index (χ1n) is 5.96. The van der Waals surface area contributed by atoms with E-state index in [0.29, 0.717) is 5.75 Å². The van der Waals surface area contributed by atoms with Crippen molar-refractivity contribution in [3.63, 3.8) is 0 Å². The maximum Gasteiger partial charge on any atom is 0.323 e. The van der Waals surface area contributed by atoms with Crippen molar-refractivity contribution in [1.82, 2.24) is 9.38 Å². The first-order valence-corrected chi connectivity index (χ1v) is 7.11. The number of methoxy groups -OCH3 is 1. The summed E-state index contributed by atoms with van der Waals surface area (Å²) in [6.45, 7) is 2.03. The van der Waals surface area contributed by atoms with Crippen molar-refractivity contribution >= 4 is 23.4 Å². The van der Waals surface area contributed by atoms with Crippen molar-refractivity contribution in [2.24, 2.45) is 5.73 Å².